The number of nitrogens with two attached hydrogens (primary N) is 1. The number of aromatic nitrogens is 1. The fraction of sp³-hybridized carbons (Fsp3) is 0.455. The fourth-order valence-corrected chi connectivity index (χ4v) is 1.98. The Morgan fingerprint density at radius 2 is 2.35 bits per heavy atom. The maximum Gasteiger partial charge on any atom is 0.270 e. The molecule has 1 aromatic heterocycles. The van der Waals surface area contributed by atoms with Crippen molar-refractivity contribution in [2.75, 3.05) is 18.6 Å². The van der Waals surface area contributed by atoms with Gasteiger partial charge in [-0.1, -0.05) is 0 Å². The third-order valence-electron chi connectivity index (χ3n) is 2.42. The van der Waals surface area contributed by atoms with Gasteiger partial charge in [0.05, 0.1) is 18.5 Å². The Kier molecular flexibility index (Phi) is 5.24. The molecule has 1 amide bonds. The summed E-state index contributed by atoms with van der Waals surface area (Å²) >= 11 is 1.51. The maximum absolute atomic E-state index is 11.8. The van der Waals surface area contributed by atoms with Crippen LogP contribution in [0.2, 0.25) is 0 Å². The SMILES string of the molecule is CSC(CO)C(C)NC(=O)c1ccc(N)cn1. The summed E-state index contributed by atoms with van der Waals surface area (Å²) in [5.41, 5.74) is 6.33. The van der Waals surface area contributed by atoms with Gasteiger partial charge >= 0.3 is 0 Å². The number of amides is 1. The lowest BCUT2D eigenvalue weighted by Crippen LogP contribution is -2.41. The molecule has 2 atom stereocenters. The van der Waals surface area contributed by atoms with Gasteiger partial charge in [-0.15, -0.1) is 0 Å². The number of hydrogen-bond donors (Lipinski definition) is 3. The van der Waals surface area contributed by atoms with Crippen LogP contribution in [0, 0.1) is 0 Å². The Morgan fingerprint density at radius 1 is 1.65 bits per heavy atom. The number of aliphatic hydroxyl groups excluding tert-OH is 1. The minimum Gasteiger partial charge on any atom is -0.397 e. The Morgan fingerprint density at radius 3 is 2.82 bits per heavy atom. The van der Waals surface area contributed by atoms with Crippen LogP contribution in [0.25, 0.3) is 0 Å². The molecule has 0 aliphatic rings. The summed E-state index contributed by atoms with van der Waals surface area (Å²) in [6, 6.07) is 3.08. The lowest BCUT2D eigenvalue weighted by molar-refractivity contribution is 0.0931. The van der Waals surface area contributed by atoms with Crippen molar-refractivity contribution in [3.8, 4) is 0 Å². The van der Waals surface area contributed by atoms with Crippen LogP contribution in [0.1, 0.15) is 17.4 Å². The van der Waals surface area contributed by atoms with Crippen molar-refractivity contribution in [2.24, 2.45) is 0 Å². The Bertz CT molecular complexity index is 365. The molecule has 94 valence electrons. The minimum absolute atomic E-state index is 0.0206. The number of nitrogen functional groups attached to an aromatic ring is 1. The third-order valence-corrected chi connectivity index (χ3v) is 3.58. The molecular weight excluding hydrogens is 238 g/mol. The van der Waals surface area contributed by atoms with E-state index in [0.717, 1.165) is 0 Å². The van der Waals surface area contributed by atoms with Gasteiger partial charge in [0.2, 0.25) is 0 Å². The van der Waals surface area contributed by atoms with E-state index in [-0.39, 0.29) is 23.8 Å². The number of hydrogen-bond acceptors (Lipinski definition) is 5. The van der Waals surface area contributed by atoms with Gasteiger partial charge in [-0.05, 0) is 25.3 Å². The summed E-state index contributed by atoms with van der Waals surface area (Å²) in [6.07, 6.45) is 3.34. The van der Waals surface area contributed by atoms with Gasteiger partial charge in [0.1, 0.15) is 5.69 Å². The highest BCUT2D eigenvalue weighted by Gasteiger charge is 2.18. The molecule has 0 fully saturated rings. The summed E-state index contributed by atoms with van der Waals surface area (Å²) in [4.78, 5) is 15.7. The van der Waals surface area contributed by atoms with E-state index >= 15 is 0 Å². The van der Waals surface area contributed by atoms with E-state index in [2.05, 4.69) is 10.3 Å². The topological polar surface area (TPSA) is 88.2 Å². The van der Waals surface area contributed by atoms with Crippen molar-refractivity contribution in [1.82, 2.24) is 10.3 Å². The highest BCUT2D eigenvalue weighted by atomic mass is 32.2. The van der Waals surface area contributed by atoms with Crippen LogP contribution >= 0.6 is 11.8 Å². The van der Waals surface area contributed by atoms with Crippen LogP contribution in [-0.2, 0) is 0 Å². The van der Waals surface area contributed by atoms with Crippen LogP contribution in [0.3, 0.4) is 0 Å². The van der Waals surface area contributed by atoms with Crippen molar-refractivity contribution in [3.63, 3.8) is 0 Å². The van der Waals surface area contributed by atoms with Crippen molar-refractivity contribution in [2.45, 2.75) is 18.2 Å². The molecule has 2 unspecified atom stereocenters. The monoisotopic (exact) mass is 255 g/mol. The first-order valence-corrected chi connectivity index (χ1v) is 6.53. The normalized spacial score (nSPS) is 14.1. The third kappa shape index (κ3) is 3.90. The van der Waals surface area contributed by atoms with E-state index in [0.29, 0.717) is 11.4 Å². The van der Waals surface area contributed by atoms with Crippen molar-refractivity contribution in [3.05, 3.63) is 24.0 Å². The number of aliphatic hydroxyl groups is 1. The molecule has 17 heavy (non-hydrogen) atoms. The maximum atomic E-state index is 11.8. The number of thioether (sulfide) groups is 1. The lowest BCUT2D eigenvalue weighted by atomic mass is 10.2. The number of pyridine rings is 1. The molecule has 0 aliphatic carbocycles. The molecular formula is C11H17N3O2S. The van der Waals surface area contributed by atoms with Crippen LogP contribution in [0.15, 0.2) is 18.3 Å². The number of rotatable bonds is 5. The van der Waals surface area contributed by atoms with Gasteiger partial charge in [-0.2, -0.15) is 11.8 Å². The molecule has 1 heterocycles. The van der Waals surface area contributed by atoms with E-state index in [1.165, 1.54) is 18.0 Å². The quantitative estimate of drug-likeness (QED) is 0.713. The van der Waals surface area contributed by atoms with Gasteiger partial charge in [-0.25, -0.2) is 4.98 Å². The first-order chi connectivity index (χ1) is 8.08. The molecule has 0 saturated carbocycles. The van der Waals surface area contributed by atoms with Gasteiger partial charge in [0.25, 0.3) is 5.91 Å². The number of carbonyl (C=O) groups excluding carboxylic acids is 1. The zero-order valence-electron chi connectivity index (χ0n) is 9.88. The average Bonchev–Trinajstić information content (AvgIpc) is 2.31. The molecule has 0 spiro atoms. The first-order valence-electron chi connectivity index (χ1n) is 5.24. The van der Waals surface area contributed by atoms with E-state index in [4.69, 9.17) is 10.8 Å². The van der Waals surface area contributed by atoms with Crippen LogP contribution < -0.4 is 11.1 Å². The van der Waals surface area contributed by atoms with E-state index in [9.17, 15) is 4.79 Å². The molecule has 6 heteroatoms. The van der Waals surface area contributed by atoms with Crippen LogP contribution in [0.5, 0.6) is 0 Å². The summed E-state index contributed by atoms with van der Waals surface area (Å²) in [5, 5.41) is 11.9. The van der Waals surface area contributed by atoms with Gasteiger partial charge < -0.3 is 16.2 Å². The van der Waals surface area contributed by atoms with Gasteiger partial charge in [0, 0.05) is 11.3 Å². The molecule has 1 rings (SSSR count). The predicted octanol–water partition coefficient (Wildman–Crippen LogP) is 0.506. The zero-order valence-corrected chi connectivity index (χ0v) is 10.7. The van der Waals surface area contributed by atoms with Crippen molar-refractivity contribution < 1.29 is 9.90 Å². The smallest absolute Gasteiger partial charge is 0.270 e. The summed E-state index contributed by atoms with van der Waals surface area (Å²) < 4.78 is 0. The predicted molar refractivity (Wildman–Crippen MR) is 70.0 cm³/mol. The fourth-order valence-electron chi connectivity index (χ4n) is 1.35. The Labute approximate surface area is 105 Å². The van der Waals surface area contributed by atoms with Crippen LogP contribution in [-0.4, -0.2) is 40.2 Å². The van der Waals surface area contributed by atoms with Gasteiger partial charge in [-0.3, -0.25) is 4.79 Å². The molecule has 0 saturated heterocycles. The lowest BCUT2D eigenvalue weighted by Gasteiger charge is -2.20. The minimum atomic E-state index is -0.259. The number of anilines is 1. The van der Waals surface area contributed by atoms with Crippen molar-refractivity contribution >= 4 is 23.4 Å². The summed E-state index contributed by atoms with van der Waals surface area (Å²) in [6.45, 7) is 1.88. The molecule has 0 aromatic carbocycles. The second kappa shape index (κ2) is 6.46. The summed E-state index contributed by atoms with van der Waals surface area (Å²) in [5.74, 6) is -0.259. The number of nitrogens with zero attached hydrogens (tertiary/aromatic N) is 1. The van der Waals surface area contributed by atoms with E-state index in [1.807, 2.05) is 13.2 Å². The van der Waals surface area contributed by atoms with E-state index in [1.54, 1.807) is 12.1 Å². The second-order valence-corrected chi connectivity index (χ2v) is 4.77. The Hall–Kier alpha value is -1.27. The highest BCUT2D eigenvalue weighted by Crippen LogP contribution is 2.11. The van der Waals surface area contributed by atoms with Gasteiger partial charge in [0.15, 0.2) is 0 Å². The largest absolute Gasteiger partial charge is 0.397 e. The Balaban J connectivity index is 2.62. The molecule has 0 bridgehead atoms. The standard InChI is InChI=1S/C11H17N3O2S/c1-7(10(6-15)17-2)14-11(16)9-4-3-8(12)5-13-9/h3-5,7,10,15H,6,12H2,1-2H3,(H,14,16). The van der Waals surface area contributed by atoms with Crippen molar-refractivity contribution in [1.29, 1.82) is 0 Å². The van der Waals surface area contributed by atoms with E-state index < -0.39 is 0 Å². The first kappa shape index (κ1) is 13.8. The zero-order chi connectivity index (χ0) is 12.8. The van der Waals surface area contributed by atoms with Crippen LogP contribution in [0.4, 0.5) is 5.69 Å². The highest BCUT2D eigenvalue weighted by molar-refractivity contribution is 7.99. The summed E-state index contributed by atoms with van der Waals surface area (Å²) in [7, 11) is 0. The molecule has 0 radical (unpaired) electrons. The number of nitrogens with one attached hydrogen (secondary N) is 1. The number of carbonyl (C=O) groups is 1. The molecule has 5 nitrogen and oxygen atoms in total. The molecule has 0 aliphatic heterocycles. The molecule has 1 aromatic rings. The second-order valence-electron chi connectivity index (χ2n) is 3.70. The average molecular weight is 255 g/mol. The molecule has 4 N–H and O–H groups in total.